The van der Waals surface area contributed by atoms with Crippen LogP contribution in [0.4, 0.5) is 0 Å². The lowest BCUT2D eigenvalue weighted by Gasteiger charge is -2.18. The second-order valence-electron chi connectivity index (χ2n) is 17.1. The molecule has 0 aromatic rings. The molecule has 0 bridgehead atoms. The second kappa shape index (κ2) is 49.8. The van der Waals surface area contributed by atoms with Crippen LogP contribution in [0.3, 0.4) is 0 Å². The molecule has 1 atom stereocenters. The highest BCUT2D eigenvalue weighted by molar-refractivity contribution is 5.71. The summed E-state index contributed by atoms with van der Waals surface area (Å²) >= 11 is 0. The number of ether oxygens (including phenoxy) is 3. The van der Waals surface area contributed by atoms with Gasteiger partial charge in [-0.15, -0.1) is 0 Å². The molecule has 6 nitrogen and oxygen atoms in total. The number of carbonyl (C=O) groups is 3. The van der Waals surface area contributed by atoms with Gasteiger partial charge in [-0.25, -0.2) is 0 Å². The van der Waals surface area contributed by atoms with E-state index in [0.29, 0.717) is 19.3 Å². The summed E-state index contributed by atoms with van der Waals surface area (Å²) in [6.45, 7) is 6.48. The zero-order valence-corrected chi connectivity index (χ0v) is 40.2. The van der Waals surface area contributed by atoms with Crippen LogP contribution in [-0.4, -0.2) is 37.2 Å². The Kier molecular flexibility index (Phi) is 47.4. The van der Waals surface area contributed by atoms with Gasteiger partial charge in [0.25, 0.3) is 0 Å². The SMILES string of the molecule is CC/C=C\C/C=C\C/C=C\C/C=C\CCCCCC(=O)OC(COC(=O)CCCCCCCCC/C=C\CCCCCCCC)COC(=O)CCCCCCCCCCCC. The van der Waals surface area contributed by atoms with Crippen LogP contribution in [0.5, 0.6) is 0 Å². The van der Waals surface area contributed by atoms with E-state index in [-0.39, 0.29) is 31.1 Å². The fourth-order valence-corrected chi connectivity index (χ4v) is 7.13. The highest BCUT2D eigenvalue weighted by Crippen LogP contribution is 2.14. The minimum absolute atomic E-state index is 0.0869. The van der Waals surface area contributed by atoms with Crippen LogP contribution in [0.15, 0.2) is 60.8 Å². The Morgan fingerprint density at radius 3 is 1.03 bits per heavy atom. The number of rotatable bonds is 46. The van der Waals surface area contributed by atoms with Gasteiger partial charge in [-0.1, -0.05) is 210 Å². The first-order valence-corrected chi connectivity index (χ1v) is 25.8. The zero-order valence-electron chi connectivity index (χ0n) is 40.2. The number of unbranched alkanes of at least 4 members (excludes halogenated alkanes) is 25. The van der Waals surface area contributed by atoms with Gasteiger partial charge in [0.05, 0.1) is 0 Å². The molecule has 0 spiro atoms. The molecule has 61 heavy (non-hydrogen) atoms. The van der Waals surface area contributed by atoms with E-state index in [0.717, 1.165) is 89.9 Å². The summed E-state index contributed by atoms with van der Waals surface area (Å²) in [7, 11) is 0. The summed E-state index contributed by atoms with van der Waals surface area (Å²) in [5.41, 5.74) is 0. The van der Waals surface area contributed by atoms with Crippen LogP contribution < -0.4 is 0 Å². The van der Waals surface area contributed by atoms with Gasteiger partial charge in [-0.3, -0.25) is 14.4 Å². The molecule has 0 heterocycles. The number of hydrogen-bond acceptors (Lipinski definition) is 6. The third-order valence-corrected chi connectivity index (χ3v) is 11.0. The molecule has 0 aromatic carbocycles. The van der Waals surface area contributed by atoms with E-state index in [1.807, 2.05) is 0 Å². The van der Waals surface area contributed by atoms with Crippen molar-refractivity contribution in [1.29, 1.82) is 0 Å². The fraction of sp³-hybridized carbons (Fsp3) is 0.764. The van der Waals surface area contributed by atoms with Crippen molar-refractivity contribution in [3.8, 4) is 0 Å². The van der Waals surface area contributed by atoms with Crippen molar-refractivity contribution in [2.75, 3.05) is 13.2 Å². The number of carbonyl (C=O) groups excluding carboxylic acids is 3. The van der Waals surface area contributed by atoms with Crippen molar-refractivity contribution in [1.82, 2.24) is 0 Å². The minimum atomic E-state index is -0.789. The van der Waals surface area contributed by atoms with Crippen LogP contribution in [0, 0.1) is 0 Å². The molecule has 0 rings (SSSR count). The van der Waals surface area contributed by atoms with Gasteiger partial charge in [-0.2, -0.15) is 0 Å². The Hall–Kier alpha value is -2.89. The summed E-state index contributed by atoms with van der Waals surface area (Å²) in [5, 5.41) is 0. The maximum absolute atomic E-state index is 12.8. The maximum atomic E-state index is 12.8. The molecule has 1 unspecified atom stereocenters. The van der Waals surface area contributed by atoms with Crippen LogP contribution >= 0.6 is 0 Å². The third kappa shape index (κ3) is 48.0. The Bertz CT molecular complexity index is 1120. The summed E-state index contributed by atoms with van der Waals surface area (Å²) in [6, 6.07) is 0. The molecule has 352 valence electrons. The standard InChI is InChI=1S/C55H96O6/c1-4-7-10-13-16-19-22-24-26-28-30-31-33-36-39-42-45-48-54(57)60-51-52(50-59-53(56)47-44-41-38-35-21-18-15-12-9-6-3)61-55(58)49-46-43-40-37-34-32-29-27-25-23-20-17-14-11-8-5-2/h8,11,17,20,24-27,32,34,52H,4-7,9-10,12-16,18-19,21-23,28-31,33,35-51H2,1-3H3/b11-8-,20-17-,26-24-,27-25-,34-32-. The summed E-state index contributed by atoms with van der Waals surface area (Å²) in [5.74, 6) is -0.920. The lowest BCUT2D eigenvalue weighted by molar-refractivity contribution is -0.167. The van der Waals surface area contributed by atoms with E-state index in [1.54, 1.807) is 0 Å². The molecule has 0 saturated heterocycles. The van der Waals surface area contributed by atoms with E-state index in [1.165, 1.54) is 122 Å². The normalized spacial score (nSPS) is 12.5. The molecule has 0 aliphatic heterocycles. The molecule has 0 radical (unpaired) electrons. The molecule has 0 aromatic heterocycles. The van der Waals surface area contributed by atoms with E-state index in [9.17, 15) is 14.4 Å². The smallest absolute Gasteiger partial charge is 0.306 e. The quantitative estimate of drug-likeness (QED) is 0.0263. The molecule has 6 heteroatoms. The predicted molar refractivity (Wildman–Crippen MR) is 261 cm³/mol. The zero-order chi connectivity index (χ0) is 44.4. The number of allylic oxidation sites excluding steroid dienone is 10. The largest absolute Gasteiger partial charge is 0.462 e. The van der Waals surface area contributed by atoms with Gasteiger partial charge in [0.1, 0.15) is 13.2 Å². The van der Waals surface area contributed by atoms with Crippen LogP contribution in [0.2, 0.25) is 0 Å². The molecule has 0 fully saturated rings. The summed E-state index contributed by atoms with van der Waals surface area (Å²) in [6.07, 6.45) is 60.6. The molecule has 0 aliphatic carbocycles. The van der Waals surface area contributed by atoms with Crippen molar-refractivity contribution < 1.29 is 28.6 Å². The molecular formula is C55H96O6. The highest BCUT2D eigenvalue weighted by atomic mass is 16.6. The minimum Gasteiger partial charge on any atom is -0.462 e. The third-order valence-electron chi connectivity index (χ3n) is 11.0. The van der Waals surface area contributed by atoms with Gasteiger partial charge in [0.2, 0.25) is 0 Å². The first-order chi connectivity index (χ1) is 30.0. The van der Waals surface area contributed by atoms with Gasteiger partial charge < -0.3 is 14.2 Å². The first kappa shape index (κ1) is 58.1. The number of hydrogen-bond donors (Lipinski definition) is 0. The lowest BCUT2D eigenvalue weighted by atomic mass is 10.1. The molecule has 0 N–H and O–H groups in total. The van der Waals surface area contributed by atoms with Gasteiger partial charge in [0.15, 0.2) is 6.10 Å². The Balaban J connectivity index is 4.39. The molecule has 0 saturated carbocycles. The maximum Gasteiger partial charge on any atom is 0.306 e. The average molecular weight is 853 g/mol. The molecule has 0 aliphatic rings. The van der Waals surface area contributed by atoms with Crippen molar-refractivity contribution in [2.45, 2.75) is 258 Å². The van der Waals surface area contributed by atoms with E-state index < -0.39 is 6.10 Å². The topological polar surface area (TPSA) is 78.9 Å². The predicted octanol–water partition coefficient (Wildman–Crippen LogP) is 16.9. The van der Waals surface area contributed by atoms with Gasteiger partial charge in [0, 0.05) is 19.3 Å². The average Bonchev–Trinajstić information content (AvgIpc) is 3.26. The number of esters is 3. The van der Waals surface area contributed by atoms with Crippen LogP contribution in [-0.2, 0) is 28.6 Å². The fourth-order valence-electron chi connectivity index (χ4n) is 7.13. The Morgan fingerprint density at radius 1 is 0.344 bits per heavy atom. The summed E-state index contributed by atoms with van der Waals surface area (Å²) < 4.78 is 16.8. The second-order valence-corrected chi connectivity index (χ2v) is 17.1. The van der Waals surface area contributed by atoms with Gasteiger partial charge in [-0.05, 0) is 83.5 Å². The van der Waals surface area contributed by atoms with Crippen molar-refractivity contribution in [2.24, 2.45) is 0 Å². The molecular weight excluding hydrogens is 757 g/mol. The van der Waals surface area contributed by atoms with E-state index >= 15 is 0 Å². The lowest BCUT2D eigenvalue weighted by Crippen LogP contribution is -2.30. The Morgan fingerprint density at radius 2 is 0.639 bits per heavy atom. The Labute approximate surface area is 377 Å². The first-order valence-electron chi connectivity index (χ1n) is 25.8. The molecule has 0 amide bonds. The highest BCUT2D eigenvalue weighted by Gasteiger charge is 2.19. The van der Waals surface area contributed by atoms with E-state index in [4.69, 9.17) is 14.2 Å². The monoisotopic (exact) mass is 853 g/mol. The summed E-state index contributed by atoms with van der Waals surface area (Å²) in [4.78, 5) is 37.9. The van der Waals surface area contributed by atoms with Crippen molar-refractivity contribution in [3.63, 3.8) is 0 Å². The van der Waals surface area contributed by atoms with Crippen molar-refractivity contribution >= 4 is 17.9 Å². The van der Waals surface area contributed by atoms with Crippen LogP contribution in [0.25, 0.3) is 0 Å². The van der Waals surface area contributed by atoms with Crippen LogP contribution in [0.1, 0.15) is 252 Å². The van der Waals surface area contributed by atoms with Gasteiger partial charge >= 0.3 is 17.9 Å². The van der Waals surface area contributed by atoms with Crippen molar-refractivity contribution in [3.05, 3.63) is 60.8 Å². The van der Waals surface area contributed by atoms with E-state index in [2.05, 4.69) is 81.5 Å².